The summed E-state index contributed by atoms with van der Waals surface area (Å²) < 4.78 is 1.16. The zero-order valence-corrected chi connectivity index (χ0v) is 16.2. The lowest BCUT2D eigenvalue weighted by atomic mass is 10.0. The average Bonchev–Trinajstić information content (AvgIpc) is 2.66. The molecule has 3 rings (SSSR count). The Kier molecular flexibility index (Phi) is 7.82. The summed E-state index contributed by atoms with van der Waals surface area (Å²) in [6, 6.07) is 22.1. The number of rotatable bonds is 5. The van der Waals surface area contributed by atoms with Crippen molar-refractivity contribution in [2.45, 2.75) is 38.5 Å². The van der Waals surface area contributed by atoms with Crippen LogP contribution in [-0.4, -0.2) is 52.9 Å². The van der Waals surface area contributed by atoms with Gasteiger partial charge in [0.15, 0.2) is 0 Å². The molecule has 0 radical (unpaired) electrons. The van der Waals surface area contributed by atoms with Crippen molar-refractivity contribution in [3.63, 3.8) is 0 Å². The van der Waals surface area contributed by atoms with Crippen LogP contribution in [0.5, 0.6) is 0 Å². The van der Waals surface area contributed by atoms with E-state index in [-0.39, 0.29) is 0 Å². The van der Waals surface area contributed by atoms with Crippen LogP contribution in [-0.2, 0) is 11.3 Å². The van der Waals surface area contributed by atoms with Gasteiger partial charge in [0.1, 0.15) is 12.6 Å². The van der Waals surface area contributed by atoms with Crippen molar-refractivity contribution in [3.05, 3.63) is 66.2 Å². The lowest BCUT2D eigenvalue weighted by molar-refractivity contribution is -0.927. The SMILES string of the molecule is CC(O)C(=O)O.C[N+]1(Cc2ccccc2)CCC(Nc2ccccc2)CC1. The molecule has 1 aliphatic heterocycles. The van der Waals surface area contributed by atoms with Crippen LogP contribution in [0.1, 0.15) is 25.3 Å². The van der Waals surface area contributed by atoms with Gasteiger partial charge in [0.2, 0.25) is 0 Å². The molecule has 0 aromatic heterocycles. The van der Waals surface area contributed by atoms with Gasteiger partial charge < -0.3 is 20.0 Å². The third-order valence-electron chi connectivity index (χ3n) is 4.94. The van der Waals surface area contributed by atoms with E-state index in [1.54, 1.807) is 0 Å². The van der Waals surface area contributed by atoms with Gasteiger partial charge >= 0.3 is 5.97 Å². The highest BCUT2D eigenvalue weighted by Crippen LogP contribution is 2.23. The Balaban J connectivity index is 0.000000380. The standard InChI is InChI=1S/C19H25N2.C3H6O3/c1-21(16-17-8-4-2-5-9-17)14-12-19(13-15-21)20-18-10-6-3-7-11-18;1-2(4)3(5)6/h2-11,19-20H,12-16H2,1H3;2,4H,1H3,(H,5,6)/q+1;. The Bertz CT molecular complexity index is 681. The summed E-state index contributed by atoms with van der Waals surface area (Å²) in [5.74, 6) is -1.19. The number of nitrogens with one attached hydrogen (secondary N) is 1. The summed E-state index contributed by atoms with van der Waals surface area (Å²) in [4.78, 5) is 9.45. The molecule has 1 heterocycles. The quantitative estimate of drug-likeness (QED) is 0.705. The summed E-state index contributed by atoms with van der Waals surface area (Å²) in [6.07, 6.45) is 1.27. The van der Waals surface area contributed by atoms with Gasteiger partial charge in [-0.15, -0.1) is 0 Å². The van der Waals surface area contributed by atoms with Crippen molar-refractivity contribution in [3.8, 4) is 0 Å². The fourth-order valence-corrected chi connectivity index (χ4v) is 3.29. The average molecular weight is 372 g/mol. The maximum Gasteiger partial charge on any atom is 0.332 e. The fourth-order valence-electron chi connectivity index (χ4n) is 3.29. The number of carbonyl (C=O) groups is 1. The van der Waals surface area contributed by atoms with E-state index in [0.29, 0.717) is 6.04 Å². The van der Waals surface area contributed by atoms with Crippen LogP contribution in [0.4, 0.5) is 5.69 Å². The minimum absolute atomic E-state index is 0.620. The molecule has 0 amide bonds. The third-order valence-corrected chi connectivity index (χ3v) is 4.94. The first-order valence-corrected chi connectivity index (χ1v) is 9.48. The van der Waals surface area contributed by atoms with Crippen LogP contribution in [0.15, 0.2) is 60.7 Å². The van der Waals surface area contributed by atoms with Crippen molar-refractivity contribution in [1.29, 1.82) is 0 Å². The zero-order valence-electron chi connectivity index (χ0n) is 16.2. The Hall–Kier alpha value is -2.37. The van der Waals surface area contributed by atoms with Crippen LogP contribution in [0.3, 0.4) is 0 Å². The second-order valence-corrected chi connectivity index (χ2v) is 7.51. The van der Waals surface area contributed by atoms with Gasteiger partial charge in [0, 0.05) is 30.1 Å². The molecule has 27 heavy (non-hydrogen) atoms. The van der Waals surface area contributed by atoms with Crippen LogP contribution >= 0.6 is 0 Å². The highest BCUT2D eigenvalue weighted by molar-refractivity contribution is 5.71. The number of hydrogen-bond acceptors (Lipinski definition) is 3. The molecule has 0 bridgehead atoms. The smallest absolute Gasteiger partial charge is 0.332 e. The number of benzene rings is 2. The number of para-hydroxylation sites is 1. The minimum Gasteiger partial charge on any atom is -0.479 e. The van der Waals surface area contributed by atoms with E-state index in [2.05, 4.69) is 73.0 Å². The predicted octanol–water partition coefficient (Wildman–Crippen LogP) is 3.36. The van der Waals surface area contributed by atoms with Crippen LogP contribution in [0, 0.1) is 0 Å². The van der Waals surface area contributed by atoms with Gasteiger partial charge in [0.25, 0.3) is 0 Å². The molecule has 0 saturated carbocycles. The van der Waals surface area contributed by atoms with Gasteiger partial charge in [-0.1, -0.05) is 48.5 Å². The number of aliphatic hydroxyl groups excluding tert-OH is 1. The molecule has 3 N–H and O–H groups in total. The highest BCUT2D eigenvalue weighted by atomic mass is 16.4. The number of aliphatic carboxylic acids is 1. The molecule has 1 fully saturated rings. The molecule has 5 heteroatoms. The summed E-state index contributed by atoms with van der Waals surface area (Å²) in [6.45, 7) is 4.85. The second kappa shape index (κ2) is 10.1. The van der Waals surface area contributed by atoms with Crippen LogP contribution in [0.25, 0.3) is 0 Å². The van der Waals surface area contributed by atoms with E-state index in [1.807, 2.05) is 0 Å². The lowest BCUT2D eigenvalue weighted by Gasteiger charge is -2.41. The molecule has 2 aromatic rings. The number of quaternary nitrogens is 1. The number of carboxylic acid groups (broad SMARTS) is 1. The Labute approximate surface area is 161 Å². The number of likely N-dealkylation sites (tertiary alicyclic amines) is 1. The monoisotopic (exact) mass is 371 g/mol. The number of hydrogen-bond donors (Lipinski definition) is 3. The van der Waals surface area contributed by atoms with Crippen molar-refractivity contribution < 1.29 is 19.5 Å². The molecule has 5 nitrogen and oxygen atoms in total. The number of carboxylic acids is 1. The first-order chi connectivity index (χ1) is 12.9. The summed E-state index contributed by atoms with van der Waals surface area (Å²) in [5, 5.41) is 19.4. The lowest BCUT2D eigenvalue weighted by Crippen LogP contribution is -2.51. The van der Waals surface area contributed by atoms with Gasteiger partial charge in [-0.2, -0.15) is 0 Å². The second-order valence-electron chi connectivity index (χ2n) is 7.51. The van der Waals surface area contributed by atoms with E-state index in [0.717, 1.165) is 11.0 Å². The normalized spacial score (nSPS) is 22.9. The van der Waals surface area contributed by atoms with Gasteiger partial charge in [0.05, 0.1) is 20.1 Å². The molecule has 0 aliphatic carbocycles. The minimum atomic E-state index is -1.23. The Morgan fingerprint density at radius 2 is 1.56 bits per heavy atom. The molecule has 1 saturated heterocycles. The van der Waals surface area contributed by atoms with E-state index in [1.165, 1.54) is 44.1 Å². The molecule has 2 aromatic carbocycles. The maximum atomic E-state index is 9.45. The molecule has 1 aliphatic rings. The van der Waals surface area contributed by atoms with E-state index >= 15 is 0 Å². The van der Waals surface area contributed by atoms with Crippen molar-refractivity contribution in [2.75, 3.05) is 25.5 Å². The van der Waals surface area contributed by atoms with Gasteiger partial charge in [-0.05, 0) is 19.1 Å². The number of nitrogens with zero attached hydrogens (tertiary/aromatic N) is 1. The van der Waals surface area contributed by atoms with E-state index < -0.39 is 12.1 Å². The van der Waals surface area contributed by atoms with Crippen molar-refractivity contribution in [1.82, 2.24) is 0 Å². The van der Waals surface area contributed by atoms with Gasteiger partial charge in [-0.25, -0.2) is 4.79 Å². The zero-order chi connectivity index (χ0) is 19.7. The number of piperidine rings is 1. The van der Waals surface area contributed by atoms with Gasteiger partial charge in [-0.3, -0.25) is 0 Å². The predicted molar refractivity (Wildman–Crippen MR) is 108 cm³/mol. The molecule has 1 atom stereocenters. The Morgan fingerprint density at radius 3 is 2.04 bits per heavy atom. The number of aliphatic hydroxyl groups is 1. The molecular formula is C22H31N2O3+. The summed E-state index contributed by atoms with van der Waals surface area (Å²) in [7, 11) is 2.39. The van der Waals surface area contributed by atoms with Crippen molar-refractivity contribution in [2.24, 2.45) is 0 Å². The fraction of sp³-hybridized carbons (Fsp3) is 0.409. The summed E-state index contributed by atoms with van der Waals surface area (Å²) >= 11 is 0. The van der Waals surface area contributed by atoms with Crippen molar-refractivity contribution >= 4 is 11.7 Å². The third kappa shape index (κ3) is 7.41. The van der Waals surface area contributed by atoms with E-state index in [9.17, 15) is 4.79 Å². The van der Waals surface area contributed by atoms with Crippen LogP contribution < -0.4 is 5.32 Å². The largest absolute Gasteiger partial charge is 0.479 e. The number of anilines is 1. The highest BCUT2D eigenvalue weighted by Gasteiger charge is 2.30. The Morgan fingerprint density at radius 1 is 1.07 bits per heavy atom. The molecular weight excluding hydrogens is 340 g/mol. The first kappa shape index (κ1) is 20.9. The molecule has 146 valence electrons. The topological polar surface area (TPSA) is 69.6 Å². The summed E-state index contributed by atoms with van der Waals surface area (Å²) in [5.41, 5.74) is 2.70. The van der Waals surface area contributed by atoms with E-state index in [4.69, 9.17) is 10.2 Å². The molecule has 0 spiro atoms. The first-order valence-electron chi connectivity index (χ1n) is 9.48. The van der Waals surface area contributed by atoms with Crippen LogP contribution in [0.2, 0.25) is 0 Å². The molecule has 1 unspecified atom stereocenters. The maximum absolute atomic E-state index is 9.45.